The molecule has 1 aromatic carbocycles. The van der Waals surface area contributed by atoms with Gasteiger partial charge in [-0.15, -0.1) is 0 Å². The molecule has 4 nitrogen and oxygen atoms in total. The number of nitrogens with zero attached hydrogens (tertiary/aromatic N) is 2. The lowest BCUT2D eigenvalue weighted by molar-refractivity contribution is -0.114. The van der Waals surface area contributed by atoms with Crippen LogP contribution in [-0.2, 0) is 4.79 Å². The number of anilines is 1. The smallest absolute Gasteiger partial charge is 0.290 e. The standard InChI is InChI=1S/C15H17BrN2O2/c1-10-5-7-17(8-6-10)9-18-13-11(14(19)15(18)20)3-2-4-12(13)16/h2-4,10H,5-9H2,1H3. The Morgan fingerprint density at radius 2 is 1.95 bits per heavy atom. The molecule has 0 spiro atoms. The second-order valence-electron chi connectivity index (χ2n) is 5.64. The number of rotatable bonds is 2. The molecule has 0 radical (unpaired) electrons. The Hall–Kier alpha value is -1.20. The minimum Gasteiger partial charge on any atom is -0.290 e. The van der Waals surface area contributed by atoms with Crippen LogP contribution in [-0.4, -0.2) is 36.3 Å². The van der Waals surface area contributed by atoms with E-state index < -0.39 is 11.7 Å². The number of piperidine rings is 1. The van der Waals surface area contributed by atoms with E-state index in [9.17, 15) is 9.59 Å². The maximum atomic E-state index is 12.2. The van der Waals surface area contributed by atoms with Crippen LogP contribution in [0, 0.1) is 5.92 Å². The van der Waals surface area contributed by atoms with Crippen LogP contribution in [0.4, 0.5) is 5.69 Å². The Morgan fingerprint density at radius 3 is 2.65 bits per heavy atom. The molecule has 3 rings (SSSR count). The molecule has 1 fully saturated rings. The molecule has 2 aliphatic heterocycles. The van der Waals surface area contributed by atoms with Gasteiger partial charge in [-0.2, -0.15) is 0 Å². The summed E-state index contributed by atoms with van der Waals surface area (Å²) in [7, 11) is 0. The van der Waals surface area contributed by atoms with E-state index in [1.165, 1.54) is 0 Å². The third kappa shape index (κ3) is 2.29. The first-order valence-corrected chi connectivity index (χ1v) is 7.74. The highest BCUT2D eigenvalue weighted by Gasteiger charge is 2.38. The number of carbonyl (C=O) groups is 2. The van der Waals surface area contributed by atoms with E-state index in [1.54, 1.807) is 17.0 Å². The highest BCUT2D eigenvalue weighted by Crippen LogP contribution is 2.36. The fraction of sp³-hybridized carbons (Fsp3) is 0.467. The minimum absolute atomic E-state index is 0.397. The number of carbonyl (C=O) groups excluding carboxylic acids is 2. The molecular formula is C15H17BrN2O2. The predicted octanol–water partition coefficient (Wildman–Crippen LogP) is 2.67. The van der Waals surface area contributed by atoms with Crippen LogP contribution in [0.25, 0.3) is 0 Å². The number of Topliss-reactive ketones (excluding diaryl/α,β-unsaturated/α-hetero) is 1. The number of benzene rings is 1. The van der Waals surface area contributed by atoms with Crippen molar-refractivity contribution in [3.8, 4) is 0 Å². The summed E-state index contributed by atoms with van der Waals surface area (Å²) in [5.41, 5.74) is 1.23. The zero-order valence-corrected chi connectivity index (χ0v) is 13.0. The molecule has 1 amide bonds. The summed E-state index contributed by atoms with van der Waals surface area (Å²) in [5.74, 6) is -0.0571. The molecule has 0 unspecified atom stereocenters. The Bertz CT molecular complexity index is 565. The van der Waals surface area contributed by atoms with Gasteiger partial charge in [0.1, 0.15) is 0 Å². The summed E-state index contributed by atoms with van der Waals surface area (Å²) in [6, 6.07) is 5.38. The van der Waals surface area contributed by atoms with E-state index in [4.69, 9.17) is 0 Å². The summed E-state index contributed by atoms with van der Waals surface area (Å²) >= 11 is 3.45. The van der Waals surface area contributed by atoms with Crippen molar-refractivity contribution in [2.45, 2.75) is 19.8 Å². The average molecular weight is 337 g/mol. The Labute approximate surface area is 126 Å². The van der Waals surface area contributed by atoms with Gasteiger partial charge in [-0.3, -0.25) is 19.4 Å². The van der Waals surface area contributed by atoms with Crippen LogP contribution in [0.3, 0.4) is 0 Å². The summed E-state index contributed by atoms with van der Waals surface area (Å²) < 4.78 is 0.805. The lowest BCUT2D eigenvalue weighted by Gasteiger charge is -2.33. The van der Waals surface area contributed by atoms with Gasteiger partial charge in [0.25, 0.3) is 5.78 Å². The lowest BCUT2D eigenvalue weighted by atomic mass is 10.00. The van der Waals surface area contributed by atoms with Gasteiger partial charge in [0.05, 0.1) is 17.9 Å². The van der Waals surface area contributed by atoms with Crippen molar-refractivity contribution in [2.75, 3.05) is 24.7 Å². The summed E-state index contributed by atoms with van der Waals surface area (Å²) in [4.78, 5) is 28.1. The largest absolute Gasteiger partial charge is 0.300 e. The molecule has 2 aliphatic rings. The highest BCUT2D eigenvalue weighted by atomic mass is 79.9. The number of hydrogen-bond acceptors (Lipinski definition) is 3. The van der Waals surface area contributed by atoms with Crippen molar-refractivity contribution in [3.05, 3.63) is 28.2 Å². The molecule has 0 aromatic heterocycles. The molecule has 2 heterocycles. The minimum atomic E-state index is -0.412. The molecule has 0 aliphatic carbocycles. The first-order valence-electron chi connectivity index (χ1n) is 6.95. The monoisotopic (exact) mass is 336 g/mol. The molecule has 0 atom stereocenters. The molecule has 1 aromatic rings. The van der Waals surface area contributed by atoms with Crippen molar-refractivity contribution in [2.24, 2.45) is 5.92 Å². The number of fused-ring (bicyclic) bond motifs is 1. The van der Waals surface area contributed by atoms with Crippen molar-refractivity contribution in [3.63, 3.8) is 0 Å². The second kappa shape index (κ2) is 5.30. The molecule has 0 N–H and O–H groups in total. The molecule has 5 heteroatoms. The fourth-order valence-corrected chi connectivity index (χ4v) is 3.43. The van der Waals surface area contributed by atoms with Crippen molar-refractivity contribution in [1.29, 1.82) is 0 Å². The van der Waals surface area contributed by atoms with E-state index in [2.05, 4.69) is 27.8 Å². The van der Waals surface area contributed by atoms with Gasteiger partial charge < -0.3 is 0 Å². The first kappa shape index (κ1) is 13.8. The number of hydrogen-bond donors (Lipinski definition) is 0. The summed E-state index contributed by atoms with van der Waals surface area (Å²) in [6.45, 7) is 4.73. The summed E-state index contributed by atoms with van der Waals surface area (Å²) in [5, 5.41) is 0. The Kier molecular flexibility index (Phi) is 3.65. The molecular weight excluding hydrogens is 320 g/mol. The molecule has 0 saturated carbocycles. The van der Waals surface area contributed by atoms with Gasteiger partial charge in [0, 0.05) is 17.6 Å². The Balaban J connectivity index is 1.84. The third-order valence-electron chi connectivity index (χ3n) is 4.16. The van der Waals surface area contributed by atoms with Gasteiger partial charge in [-0.1, -0.05) is 13.0 Å². The number of halogens is 1. The van der Waals surface area contributed by atoms with E-state index in [0.717, 1.165) is 42.0 Å². The normalized spacial score (nSPS) is 20.6. The van der Waals surface area contributed by atoms with Crippen LogP contribution in [0.5, 0.6) is 0 Å². The van der Waals surface area contributed by atoms with E-state index in [0.29, 0.717) is 12.2 Å². The molecule has 20 heavy (non-hydrogen) atoms. The first-order chi connectivity index (χ1) is 9.58. The summed E-state index contributed by atoms with van der Waals surface area (Å²) in [6.07, 6.45) is 2.30. The van der Waals surface area contributed by atoms with Gasteiger partial charge in [-0.05, 0) is 46.8 Å². The number of ketones is 1. The molecule has 0 bridgehead atoms. The quantitative estimate of drug-likeness (QED) is 0.779. The van der Waals surface area contributed by atoms with Crippen LogP contribution in [0.1, 0.15) is 30.1 Å². The predicted molar refractivity (Wildman–Crippen MR) is 80.8 cm³/mol. The molecule has 106 valence electrons. The van der Waals surface area contributed by atoms with E-state index >= 15 is 0 Å². The van der Waals surface area contributed by atoms with Crippen LogP contribution < -0.4 is 4.90 Å². The van der Waals surface area contributed by atoms with E-state index in [-0.39, 0.29) is 0 Å². The van der Waals surface area contributed by atoms with Gasteiger partial charge in [0.15, 0.2) is 0 Å². The maximum Gasteiger partial charge on any atom is 0.300 e. The maximum absolute atomic E-state index is 12.2. The van der Waals surface area contributed by atoms with Crippen LogP contribution in [0.2, 0.25) is 0 Å². The van der Waals surface area contributed by atoms with Gasteiger partial charge in [-0.25, -0.2) is 0 Å². The lowest BCUT2D eigenvalue weighted by Crippen LogP contribution is -2.44. The highest BCUT2D eigenvalue weighted by molar-refractivity contribution is 9.10. The SMILES string of the molecule is CC1CCN(CN2C(=O)C(=O)c3cccc(Br)c32)CC1. The zero-order valence-electron chi connectivity index (χ0n) is 11.4. The topological polar surface area (TPSA) is 40.6 Å². The zero-order chi connectivity index (χ0) is 14.3. The van der Waals surface area contributed by atoms with Crippen LogP contribution in [0.15, 0.2) is 22.7 Å². The number of amides is 1. The average Bonchev–Trinajstić information content (AvgIpc) is 2.68. The second-order valence-corrected chi connectivity index (χ2v) is 6.49. The van der Waals surface area contributed by atoms with Crippen LogP contribution >= 0.6 is 15.9 Å². The van der Waals surface area contributed by atoms with Crippen molar-refractivity contribution >= 4 is 33.3 Å². The number of para-hydroxylation sites is 1. The van der Waals surface area contributed by atoms with E-state index in [1.807, 2.05) is 6.07 Å². The van der Waals surface area contributed by atoms with Gasteiger partial charge >= 0.3 is 5.91 Å². The molecule has 1 saturated heterocycles. The fourth-order valence-electron chi connectivity index (χ4n) is 2.85. The Morgan fingerprint density at radius 1 is 1.25 bits per heavy atom. The van der Waals surface area contributed by atoms with Gasteiger partial charge in [0.2, 0.25) is 0 Å². The third-order valence-corrected chi connectivity index (χ3v) is 4.80. The van der Waals surface area contributed by atoms with Crippen molar-refractivity contribution in [1.82, 2.24) is 4.90 Å². The van der Waals surface area contributed by atoms with Crippen molar-refractivity contribution < 1.29 is 9.59 Å². The number of likely N-dealkylation sites (tertiary alicyclic amines) is 1.